The highest BCUT2D eigenvalue weighted by Gasteiger charge is 2.19. The monoisotopic (exact) mass is 331 g/mol. The van der Waals surface area contributed by atoms with Gasteiger partial charge in [-0.2, -0.15) is 0 Å². The summed E-state index contributed by atoms with van der Waals surface area (Å²) in [6, 6.07) is 10.0. The molecule has 1 saturated carbocycles. The summed E-state index contributed by atoms with van der Waals surface area (Å²) in [5, 5.41) is 5.68. The smallest absolute Gasteiger partial charge is 0.315 e. The van der Waals surface area contributed by atoms with Crippen molar-refractivity contribution >= 4 is 11.9 Å². The third kappa shape index (κ3) is 5.87. The van der Waals surface area contributed by atoms with E-state index >= 15 is 0 Å². The molecule has 1 aliphatic carbocycles. The second-order valence-corrected chi connectivity index (χ2v) is 6.76. The first-order valence-corrected chi connectivity index (χ1v) is 8.94. The Kier molecular flexibility index (Phi) is 7.09. The molecule has 5 nitrogen and oxygen atoms in total. The Hall–Kier alpha value is -2.04. The quantitative estimate of drug-likeness (QED) is 0.841. The zero-order chi connectivity index (χ0) is 17.4. The molecule has 0 bridgehead atoms. The summed E-state index contributed by atoms with van der Waals surface area (Å²) < 4.78 is 0. The topological polar surface area (TPSA) is 61.4 Å². The highest BCUT2D eigenvalue weighted by atomic mass is 16.2. The van der Waals surface area contributed by atoms with Crippen LogP contribution in [0.2, 0.25) is 0 Å². The van der Waals surface area contributed by atoms with Crippen LogP contribution in [0.15, 0.2) is 30.3 Å². The summed E-state index contributed by atoms with van der Waals surface area (Å²) in [5.74, 6) is -0.0624. The largest absolute Gasteiger partial charge is 0.335 e. The van der Waals surface area contributed by atoms with Gasteiger partial charge in [0, 0.05) is 18.6 Å². The molecule has 3 amide bonds. The molecule has 0 saturated heterocycles. The van der Waals surface area contributed by atoms with Crippen molar-refractivity contribution in [1.29, 1.82) is 0 Å². The first-order valence-electron chi connectivity index (χ1n) is 8.94. The van der Waals surface area contributed by atoms with E-state index in [0.717, 1.165) is 18.4 Å². The second-order valence-electron chi connectivity index (χ2n) is 6.76. The fourth-order valence-electron chi connectivity index (χ4n) is 3.08. The average Bonchev–Trinajstić information content (AvgIpc) is 2.59. The van der Waals surface area contributed by atoms with Crippen LogP contribution in [-0.2, 0) is 11.3 Å². The Morgan fingerprint density at radius 2 is 1.79 bits per heavy atom. The van der Waals surface area contributed by atoms with Gasteiger partial charge < -0.3 is 15.5 Å². The van der Waals surface area contributed by atoms with Gasteiger partial charge in [-0.15, -0.1) is 0 Å². The molecule has 1 aromatic rings. The van der Waals surface area contributed by atoms with E-state index in [1.165, 1.54) is 19.3 Å². The van der Waals surface area contributed by atoms with Gasteiger partial charge in [-0.3, -0.25) is 4.79 Å². The molecule has 24 heavy (non-hydrogen) atoms. The van der Waals surface area contributed by atoms with Crippen molar-refractivity contribution in [2.45, 2.75) is 64.6 Å². The van der Waals surface area contributed by atoms with Crippen molar-refractivity contribution in [2.75, 3.05) is 6.54 Å². The summed E-state index contributed by atoms with van der Waals surface area (Å²) >= 11 is 0. The highest BCUT2D eigenvalue weighted by molar-refractivity contribution is 5.84. The maximum atomic E-state index is 12.5. The molecule has 0 radical (unpaired) electrons. The maximum Gasteiger partial charge on any atom is 0.315 e. The number of benzene rings is 1. The van der Waals surface area contributed by atoms with Crippen LogP contribution in [0.1, 0.15) is 51.5 Å². The Morgan fingerprint density at radius 1 is 1.12 bits per heavy atom. The second kappa shape index (κ2) is 9.30. The van der Waals surface area contributed by atoms with Crippen molar-refractivity contribution in [3.05, 3.63) is 35.9 Å². The number of urea groups is 1. The Labute approximate surface area is 144 Å². The molecule has 5 heteroatoms. The summed E-state index contributed by atoms with van der Waals surface area (Å²) in [6.45, 7) is 4.57. The molecule has 0 aromatic heterocycles. The van der Waals surface area contributed by atoms with E-state index in [4.69, 9.17) is 0 Å². The van der Waals surface area contributed by atoms with Crippen molar-refractivity contribution in [1.82, 2.24) is 15.5 Å². The van der Waals surface area contributed by atoms with E-state index in [1.54, 1.807) is 4.90 Å². The van der Waals surface area contributed by atoms with Gasteiger partial charge in [0.25, 0.3) is 0 Å². The van der Waals surface area contributed by atoms with Crippen LogP contribution in [-0.4, -0.2) is 35.5 Å². The van der Waals surface area contributed by atoms with Crippen molar-refractivity contribution in [2.24, 2.45) is 0 Å². The molecule has 0 unspecified atom stereocenters. The fourth-order valence-corrected chi connectivity index (χ4v) is 3.08. The summed E-state index contributed by atoms with van der Waals surface area (Å²) in [4.78, 5) is 26.2. The van der Waals surface area contributed by atoms with E-state index in [-0.39, 0.29) is 30.6 Å². The van der Waals surface area contributed by atoms with Gasteiger partial charge in [0.1, 0.15) is 0 Å². The van der Waals surface area contributed by atoms with Gasteiger partial charge in [-0.1, -0.05) is 49.6 Å². The summed E-state index contributed by atoms with van der Waals surface area (Å²) in [7, 11) is 0. The molecule has 132 valence electrons. The third-order valence-electron chi connectivity index (χ3n) is 4.48. The average molecular weight is 331 g/mol. The first kappa shape index (κ1) is 18.3. The van der Waals surface area contributed by atoms with Crippen molar-refractivity contribution in [3.63, 3.8) is 0 Å². The fraction of sp³-hybridized carbons (Fsp3) is 0.579. The number of amides is 3. The first-order chi connectivity index (χ1) is 11.6. The Morgan fingerprint density at radius 3 is 2.42 bits per heavy atom. The number of nitrogens with zero attached hydrogens (tertiary/aromatic N) is 1. The standard InChI is InChI=1S/C19H29N3O2/c1-15(2)22(14-16-9-5-3-6-10-16)18(23)13-20-19(24)21-17-11-7-4-8-12-17/h3,5-6,9-10,15,17H,4,7-8,11-14H2,1-2H3,(H2,20,21,24). The summed E-state index contributed by atoms with van der Waals surface area (Å²) in [5.41, 5.74) is 1.09. The lowest BCUT2D eigenvalue weighted by molar-refractivity contribution is -0.132. The minimum Gasteiger partial charge on any atom is -0.335 e. The van der Waals surface area contributed by atoms with Gasteiger partial charge >= 0.3 is 6.03 Å². The molecular formula is C19H29N3O2. The van der Waals surface area contributed by atoms with Crippen LogP contribution >= 0.6 is 0 Å². The highest BCUT2D eigenvalue weighted by Crippen LogP contribution is 2.17. The van der Waals surface area contributed by atoms with Crippen LogP contribution < -0.4 is 10.6 Å². The predicted molar refractivity (Wildman–Crippen MR) is 95.5 cm³/mol. The van der Waals surface area contributed by atoms with Gasteiger partial charge in [0.2, 0.25) is 5.91 Å². The van der Waals surface area contributed by atoms with Crippen LogP contribution in [0.4, 0.5) is 4.79 Å². The molecule has 0 spiro atoms. The maximum absolute atomic E-state index is 12.5. The molecule has 1 aliphatic rings. The number of rotatable bonds is 6. The van der Waals surface area contributed by atoms with E-state index in [2.05, 4.69) is 10.6 Å². The normalized spacial score (nSPS) is 15.1. The molecule has 1 aromatic carbocycles. The van der Waals surface area contributed by atoms with E-state index in [0.29, 0.717) is 6.54 Å². The van der Waals surface area contributed by atoms with Gasteiger partial charge in [0.15, 0.2) is 0 Å². The Bertz CT molecular complexity index is 525. The van der Waals surface area contributed by atoms with Crippen LogP contribution in [0.25, 0.3) is 0 Å². The van der Waals surface area contributed by atoms with E-state index in [9.17, 15) is 9.59 Å². The minimum atomic E-state index is -0.237. The summed E-state index contributed by atoms with van der Waals surface area (Å²) in [6.07, 6.45) is 5.66. The molecular weight excluding hydrogens is 302 g/mol. The van der Waals surface area contributed by atoms with Gasteiger partial charge in [-0.25, -0.2) is 4.79 Å². The van der Waals surface area contributed by atoms with Gasteiger partial charge in [-0.05, 0) is 32.3 Å². The predicted octanol–water partition coefficient (Wildman–Crippen LogP) is 3.06. The SMILES string of the molecule is CC(C)N(Cc1ccccc1)C(=O)CNC(=O)NC1CCCCC1. The lowest BCUT2D eigenvalue weighted by Gasteiger charge is -2.27. The Balaban J connectivity index is 1.80. The molecule has 2 rings (SSSR count). The molecule has 0 atom stereocenters. The van der Waals surface area contributed by atoms with Crippen LogP contribution in [0.3, 0.4) is 0 Å². The number of hydrogen-bond acceptors (Lipinski definition) is 2. The number of carbonyl (C=O) groups excluding carboxylic acids is 2. The molecule has 0 aliphatic heterocycles. The van der Waals surface area contributed by atoms with Crippen molar-refractivity contribution in [3.8, 4) is 0 Å². The van der Waals surface area contributed by atoms with Crippen LogP contribution in [0, 0.1) is 0 Å². The molecule has 2 N–H and O–H groups in total. The lowest BCUT2D eigenvalue weighted by Crippen LogP contribution is -2.48. The van der Waals surface area contributed by atoms with E-state index in [1.807, 2.05) is 44.2 Å². The zero-order valence-corrected chi connectivity index (χ0v) is 14.8. The van der Waals surface area contributed by atoms with Crippen LogP contribution in [0.5, 0.6) is 0 Å². The number of hydrogen-bond donors (Lipinski definition) is 2. The van der Waals surface area contributed by atoms with E-state index < -0.39 is 0 Å². The van der Waals surface area contributed by atoms with Gasteiger partial charge in [0.05, 0.1) is 6.54 Å². The number of nitrogens with one attached hydrogen (secondary N) is 2. The molecule has 0 heterocycles. The zero-order valence-electron chi connectivity index (χ0n) is 14.8. The number of carbonyl (C=O) groups is 2. The van der Waals surface area contributed by atoms with Crippen molar-refractivity contribution < 1.29 is 9.59 Å². The molecule has 1 fully saturated rings. The third-order valence-corrected chi connectivity index (χ3v) is 4.48. The minimum absolute atomic E-state index is 0.0313. The lowest BCUT2D eigenvalue weighted by atomic mass is 9.96.